The van der Waals surface area contributed by atoms with Gasteiger partial charge in [-0.1, -0.05) is 72.0 Å². The van der Waals surface area contributed by atoms with E-state index < -0.39 is 5.25 Å². The fourth-order valence-corrected chi connectivity index (χ4v) is 6.02. The Hall–Kier alpha value is -3.94. The van der Waals surface area contributed by atoms with E-state index >= 15 is 0 Å². The van der Waals surface area contributed by atoms with Crippen LogP contribution in [0.4, 0.5) is 10.8 Å². The Labute approximate surface area is 224 Å². The van der Waals surface area contributed by atoms with Crippen LogP contribution in [0.2, 0.25) is 0 Å². The summed E-state index contributed by atoms with van der Waals surface area (Å²) in [5.41, 5.74) is 5.13. The maximum Gasteiger partial charge on any atom is 0.255 e. The first-order valence-corrected chi connectivity index (χ1v) is 13.5. The Morgan fingerprint density at radius 2 is 1.62 bits per heavy atom. The van der Waals surface area contributed by atoms with E-state index in [9.17, 15) is 9.59 Å². The van der Waals surface area contributed by atoms with E-state index in [2.05, 4.69) is 21.7 Å². The van der Waals surface area contributed by atoms with Crippen LogP contribution in [0.1, 0.15) is 32.3 Å². The molecule has 37 heavy (non-hydrogen) atoms. The van der Waals surface area contributed by atoms with Gasteiger partial charge in [0.1, 0.15) is 5.25 Å². The van der Waals surface area contributed by atoms with Crippen molar-refractivity contribution < 1.29 is 9.59 Å². The van der Waals surface area contributed by atoms with Crippen molar-refractivity contribution in [3.05, 3.63) is 119 Å². The second kappa shape index (κ2) is 11.0. The minimum atomic E-state index is -0.503. The number of aryl methyl sites for hydroxylation is 2. The summed E-state index contributed by atoms with van der Waals surface area (Å²) >= 11 is 2.90. The molecule has 4 aromatic carbocycles. The molecule has 1 atom stereocenters. The molecule has 2 N–H and O–H groups in total. The average Bonchev–Trinajstić information content (AvgIpc) is 3.29. The van der Waals surface area contributed by atoms with Crippen LogP contribution in [-0.2, 0) is 4.79 Å². The summed E-state index contributed by atoms with van der Waals surface area (Å²) < 4.78 is 1.04. The van der Waals surface area contributed by atoms with Crippen LogP contribution in [-0.4, -0.2) is 16.8 Å². The van der Waals surface area contributed by atoms with Gasteiger partial charge in [0.2, 0.25) is 5.91 Å². The Kier molecular flexibility index (Phi) is 7.35. The summed E-state index contributed by atoms with van der Waals surface area (Å²) in [5.74, 6) is -0.315. The van der Waals surface area contributed by atoms with Crippen molar-refractivity contribution >= 4 is 55.9 Å². The number of benzene rings is 4. The molecule has 0 bridgehead atoms. The van der Waals surface area contributed by atoms with Gasteiger partial charge < -0.3 is 10.6 Å². The Bertz CT molecular complexity index is 1580. The number of carbonyl (C=O) groups excluding carboxylic acids is 2. The summed E-state index contributed by atoms with van der Waals surface area (Å²) in [4.78, 5) is 31.8. The molecule has 0 saturated carbocycles. The third kappa shape index (κ3) is 5.90. The van der Waals surface area contributed by atoms with Gasteiger partial charge in [-0.3, -0.25) is 9.59 Å². The SMILES string of the molecule is Cc1ccc2nc(NC(=O)C(Sc3cccc(NC(=O)c4ccccc4C)c3)c3ccccc3)sc2c1. The zero-order chi connectivity index (χ0) is 25.8. The zero-order valence-corrected chi connectivity index (χ0v) is 22.0. The number of fused-ring (bicyclic) bond motifs is 1. The van der Waals surface area contributed by atoms with Gasteiger partial charge in [0, 0.05) is 16.1 Å². The van der Waals surface area contributed by atoms with E-state index in [0.717, 1.165) is 31.8 Å². The van der Waals surface area contributed by atoms with Gasteiger partial charge in [-0.25, -0.2) is 4.98 Å². The fourth-order valence-electron chi connectivity index (χ4n) is 3.97. The normalized spacial score (nSPS) is 11.7. The molecule has 1 aromatic heterocycles. The van der Waals surface area contributed by atoms with Crippen molar-refractivity contribution in [2.75, 3.05) is 10.6 Å². The number of nitrogens with one attached hydrogen (secondary N) is 2. The molecular weight excluding hydrogens is 498 g/mol. The van der Waals surface area contributed by atoms with Gasteiger partial charge in [-0.15, -0.1) is 11.8 Å². The van der Waals surface area contributed by atoms with Crippen LogP contribution < -0.4 is 10.6 Å². The topological polar surface area (TPSA) is 71.1 Å². The molecule has 1 unspecified atom stereocenters. The van der Waals surface area contributed by atoms with Crippen LogP contribution in [0.5, 0.6) is 0 Å². The van der Waals surface area contributed by atoms with Crippen LogP contribution in [0, 0.1) is 13.8 Å². The van der Waals surface area contributed by atoms with Crippen LogP contribution in [0.3, 0.4) is 0 Å². The highest BCUT2D eigenvalue weighted by Crippen LogP contribution is 2.38. The standard InChI is InChI=1S/C30H25N3O2S2/c1-19-15-16-25-26(17-19)37-30(32-25)33-29(35)27(21-10-4-3-5-11-21)36-23-13-8-12-22(18-23)31-28(34)24-14-7-6-9-20(24)2/h3-18,27H,1-2H3,(H,31,34)(H,32,33,35). The predicted molar refractivity (Wildman–Crippen MR) is 154 cm³/mol. The third-order valence-electron chi connectivity index (χ3n) is 5.85. The van der Waals surface area contributed by atoms with Crippen molar-refractivity contribution in [3.8, 4) is 0 Å². The van der Waals surface area contributed by atoms with Crippen LogP contribution in [0.25, 0.3) is 10.2 Å². The average molecular weight is 524 g/mol. The van der Waals surface area contributed by atoms with Crippen molar-refractivity contribution in [1.82, 2.24) is 4.98 Å². The van der Waals surface area contributed by atoms with Gasteiger partial charge in [-0.2, -0.15) is 0 Å². The number of aromatic nitrogens is 1. The molecule has 0 aliphatic rings. The van der Waals surface area contributed by atoms with Gasteiger partial charge in [-0.05, 0) is 66.9 Å². The lowest BCUT2D eigenvalue weighted by Gasteiger charge is -2.17. The molecule has 2 amide bonds. The van der Waals surface area contributed by atoms with Gasteiger partial charge in [0.05, 0.1) is 10.2 Å². The third-order valence-corrected chi connectivity index (χ3v) is 8.03. The maximum atomic E-state index is 13.5. The molecule has 5 nitrogen and oxygen atoms in total. The minimum Gasteiger partial charge on any atom is -0.322 e. The van der Waals surface area contributed by atoms with Crippen molar-refractivity contribution in [3.63, 3.8) is 0 Å². The highest BCUT2D eigenvalue weighted by atomic mass is 32.2. The quantitative estimate of drug-likeness (QED) is 0.215. The van der Waals surface area contributed by atoms with Gasteiger partial charge in [0.15, 0.2) is 5.13 Å². The lowest BCUT2D eigenvalue weighted by Crippen LogP contribution is -2.19. The van der Waals surface area contributed by atoms with Crippen molar-refractivity contribution in [2.24, 2.45) is 0 Å². The number of rotatable bonds is 7. The number of nitrogens with zero attached hydrogens (tertiary/aromatic N) is 1. The van der Waals surface area contributed by atoms with E-state index in [-0.39, 0.29) is 11.8 Å². The molecule has 7 heteroatoms. The van der Waals surface area contributed by atoms with Gasteiger partial charge >= 0.3 is 0 Å². The van der Waals surface area contributed by atoms with E-state index in [1.54, 1.807) is 0 Å². The van der Waals surface area contributed by atoms with E-state index in [4.69, 9.17) is 0 Å². The van der Waals surface area contributed by atoms with Crippen molar-refractivity contribution in [2.45, 2.75) is 24.0 Å². The monoisotopic (exact) mass is 523 g/mol. The summed E-state index contributed by atoms with van der Waals surface area (Å²) in [6, 6.07) is 30.8. The first-order chi connectivity index (χ1) is 18.0. The summed E-state index contributed by atoms with van der Waals surface area (Å²) in [6.07, 6.45) is 0. The Morgan fingerprint density at radius 1 is 0.838 bits per heavy atom. The Morgan fingerprint density at radius 3 is 2.43 bits per heavy atom. The molecule has 1 heterocycles. The number of thiazole rings is 1. The molecule has 184 valence electrons. The number of anilines is 2. The number of amides is 2. The molecule has 0 fully saturated rings. The number of hydrogen-bond donors (Lipinski definition) is 2. The number of carbonyl (C=O) groups is 2. The lowest BCUT2D eigenvalue weighted by atomic mass is 10.1. The molecule has 0 aliphatic carbocycles. The minimum absolute atomic E-state index is 0.152. The molecule has 0 aliphatic heterocycles. The second-order valence-corrected chi connectivity index (χ2v) is 10.9. The number of thioether (sulfide) groups is 1. The molecular formula is C30H25N3O2S2. The molecule has 5 rings (SSSR count). The van der Waals surface area contributed by atoms with E-state index in [1.165, 1.54) is 23.1 Å². The molecule has 0 saturated heterocycles. The Balaban J connectivity index is 1.37. The zero-order valence-electron chi connectivity index (χ0n) is 20.4. The second-order valence-electron chi connectivity index (χ2n) is 8.68. The van der Waals surface area contributed by atoms with Crippen LogP contribution in [0.15, 0.2) is 102 Å². The highest BCUT2D eigenvalue weighted by molar-refractivity contribution is 8.00. The first kappa shape index (κ1) is 24.7. The lowest BCUT2D eigenvalue weighted by molar-refractivity contribution is -0.115. The smallest absolute Gasteiger partial charge is 0.255 e. The highest BCUT2D eigenvalue weighted by Gasteiger charge is 2.23. The predicted octanol–water partition coefficient (Wildman–Crippen LogP) is 7.64. The molecule has 0 radical (unpaired) electrons. The van der Waals surface area contributed by atoms with E-state index in [1.807, 2.05) is 105 Å². The molecule has 0 spiro atoms. The largest absolute Gasteiger partial charge is 0.322 e. The summed E-state index contributed by atoms with van der Waals surface area (Å²) in [6.45, 7) is 3.95. The first-order valence-electron chi connectivity index (χ1n) is 11.8. The van der Waals surface area contributed by atoms with Crippen molar-refractivity contribution in [1.29, 1.82) is 0 Å². The summed E-state index contributed by atoms with van der Waals surface area (Å²) in [5, 5.41) is 6.07. The maximum absolute atomic E-state index is 13.5. The molecule has 5 aromatic rings. The fraction of sp³-hybridized carbons (Fsp3) is 0.100. The van der Waals surface area contributed by atoms with E-state index in [0.29, 0.717) is 16.4 Å². The summed E-state index contributed by atoms with van der Waals surface area (Å²) in [7, 11) is 0. The number of hydrogen-bond acceptors (Lipinski definition) is 5. The van der Waals surface area contributed by atoms with Gasteiger partial charge in [0.25, 0.3) is 5.91 Å². The van der Waals surface area contributed by atoms with Crippen LogP contribution >= 0.6 is 23.1 Å².